The number of halogens is 1. The van der Waals surface area contributed by atoms with E-state index in [0.29, 0.717) is 10.8 Å². The highest BCUT2D eigenvalue weighted by atomic mass is 35.5. The topological polar surface area (TPSA) is 29.5 Å². The molecule has 0 aliphatic carbocycles. The van der Waals surface area contributed by atoms with E-state index in [1.807, 2.05) is 23.6 Å². The molecule has 0 aliphatic rings. The molecule has 3 aromatic rings. The van der Waals surface area contributed by atoms with Gasteiger partial charge in [0.2, 0.25) is 0 Å². The molecule has 0 saturated carbocycles. The zero-order valence-corrected chi connectivity index (χ0v) is 12.4. The second kappa shape index (κ2) is 5.44. The van der Waals surface area contributed by atoms with Gasteiger partial charge in [0.25, 0.3) is 0 Å². The lowest BCUT2D eigenvalue weighted by Gasteiger charge is -2.14. The molecule has 3 rings (SSSR count). The van der Waals surface area contributed by atoms with E-state index >= 15 is 0 Å². The van der Waals surface area contributed by atoms with Crippen molar-refractivity contribution in [2.45, 2.75) is 6.10 Å². The summed E-state index contributed by atoms with van der Waals surface area (Å²) in [5.41, 5.74) is 1.62. The number of rotatable bonds is 3. The first kappa shape index (κ1) is 13.4. The Kier molecular flexibility index (Phi) is 3.66. The quantitative estimate of drug-likeness (QED) is 0.763. The average molecular weight is 305 g/mol. The van der Waals surface area contributed by atoms with Gasteiger partial charge in [-0.15, -0.1) is 11.3 Å². The third-order valence-electron chi connectivity index (χ3n) is 3.30. The van der Waals surface area contributed by atoms with Crippen molar-refractivity contribution in [3.63, 3.8) is 0 Å². The Hall–Kier alpha value is -1.55. The maximum absolute atomic E-state index is 10.7. The molecule has 0 radical (unpaired) electrons. The van der Waals surface area contributed by atoms with Gasteiger partial charge in [-0.1, -0.05) is 35.9 Å². The summed E-state index contributed by atoms with van der Waals surface area (Å²) in [4.78, 5) is 0. The van der Waals surface area contributed by atoms with Crippen LogP contribution in [0.4, 0.5) is 0 Å². The van der Waals surface area contributed by atoms with Crippen LogP contribution in [0.5, 0.6) is 5.75 Å². The van der Waals surface area contributed by atoms with Crippen LogP contribution in [0, 0.1) is 0 Å². The van der Waals surface area contributed by atoms with Gasteiger partial charge in [0.15, 0.2) is 0 Å². The van der Waals surface area contributed by atoms with Gasteiger partial charge in [0.05, 0.1) is 7.11 Å². The number of aliphatic hydroxyl groups is 1. The van der Waals surface area contributed by atoms with Gasteiger partial charge in [-0.3, -0.25) is 0 Å². The van der Waals surface area contributed by atoms with Crippen molar-refractivity contribution >= 4 is 33.0 Å². The van der Waals surface area contributed by atoms with Crippen LogP contribution in [0.1, 0.15) is 17.2 Å². The van der Waals surface area contributed by atoms with Crippen molar-refractivity contribution in [3.05, 3.63) is 64.0 Å². The summed E-state index contributed by atoms with van der Waals surface area (Å²) in [5, 5.41) is 14.3. The fourth-order valence-electron chi connectivity index (χ4n) is 2.29. The van der Waals surface area contributed by atoms with Gasteiger partial charge in [-0.2, -0.15) is 0 Å². The maximum atomic E-state index is 10.7. The minimum atomic E-state index is -0.724. The monoisotopic (exact) mass is 304 g/mol. The van der Waals surface area contributed by atoms with Crippen LogP contribution in [0.3, 0.4) is 0 Å². The lowest BCUT2D eigenvalue weighted by molar-refractivity contribution is 0.216. The summed E-state index contributed by atoms with van der Waals surface area (Å²) in [6, 6.07) is 13.3. The van der Waals surface area contributed by atoms with E-state index in [2.05, 4.69) is 6.07 Å². The first-order valence-electron chi connectivity index (χ1n) is 6.18. The minimum absolute atomic E-state index is 0.591. The first-order chi connectivity index (χ1) is 9.70. The van der Waals surface area contributed by atoms with Crippen molar-refractivity contribution in [2.75, 3.05) is 7.11 Å². The van der Waals surface area contributed by atoms with Crippen LogP contribution in [0.2, 0.25) is 5.02 Å². The predicted molar refractivity (Wildman–Crippen MR) is 83.9 cm³/mol. The number of fused-ring (bicyclic) bond motifs is 1. The Bertz CT molecular complexity index is 751. The van der Waals surface area contributed by atoms with Crippen LogP contribution in [0.25, 0.3) is 10.1 Å². The molecular formula is C16H13ClO2S. The van der Waals surface area contributed by atoms with E-state index in [9.17, 15) is 5.11 Å². The molecule has 1 N–H and O–H groups in total. The molecule has 2 nitrogen and oxygen atoms in total. The number of thiophene rings is 1. The van der Waals surface area contributed by atoms with E-state index in [0.717, 1.165) is 21.2 Å². The minimum Gasteiger partial charge on any atom is -0.496 e. The van der Waals surface area contributed by atoms with Gasteiger partial charge >= 0.3 is 0 Å². The summed E-state index contributed by atoms with van der Waals surface area (Å²) < 4.78 is 6.48. The summed E-state index contributed by atoms with van der Waals surface area (Å²) in [7, 11) is 1.58. The highest BCUT2D eigenvalue weighted by Gasteiger charge is 2.19. The molecule has 0 saturated heterocycles. The van der Waals surface area contributed by atoms with E-state index in [1.165, 1.54) is 0 Å². The first-order valence-corrected chi connectivity index (χ1v) is 7.44. The van der Waals surface area contributed by atoms with Gasteiger partial charge in [-0.05, 0) is 29.0 Å². The maximum Gasteiger partial charge on any atom is 0.126 e. The van der Waals surface area contributed by atoms with Crippen molar-refractivity contribution in [2.24, 2.45) is 0 Å². The molecule has 20 heavy (non-hydrogen) atoms. The molecular weight excluding hydrogens is 292 g/mol. The number of ether oxygens (including phenoxy) is 1. The van der Waals surface area contributed by atoms with Crippen LogP contribution in [-0.2, 0) is 0 Å². The normalized spacial score (nSPS) is 12.6. The van der Waals surface area contributed by atoms with Gasteiger partial charge in [0, 0.05) is 20.8 Å². The largest absolute Gasteiger partial charge is 0.496 e. The fourth-order valence-corrected chi connectivity index (χ4v) is 3.43. The molecule has 0 bridgehead atoms. The molecule has 1 unspecified atom stereocenters. The van der Waals surface area contributed by atoms with Crippen LogP contribution in [0.15, 0.2) is 47.8 Å². The van der Waals surface area contributed by atoms with Crippen molar-refractivity contribution in [3.8, 4) is 5.75 Å². The standard InChI is InChI=1S/C16H13ClO2S/c1-19-14-8-10(17)6-7-12(14)16(18)13-9-20-15-5-3-2-4-11(13)15/h2-9,16,18H,1H3. The van der Waals surface area contributed by atoms with Crippen molar-refractivity contribution in [1.82, 2.24) is 0 Å². The Labute approximate surface area is 126 Å². The number of methoxy groups -OCH3 is 1. The van der Waals surface area contributed by atoms with E-state index in [4.69, 9.17) is 16.3 Å². The molecule has 1 aromatic heterocycles. The molecule has 1 heterocycles. The third kappa shape index (κ3) is 2.29. The highest BCUT2D eigenvalue weighted by molar-refractivity contribution is 7.17. The lowest BCUT2D eigenvalue weighted by atomic mass is 10.00. The number of aliphatic hydroxyl groups excluding tert-OH is 1. The Balaban J connectivity index is 2.10. The summed E-state index contributed by atoms with van der Waals surface area (Å²) in [6.45, 7) is 0. The molecule has 2 aromatic carbocycles. The van der Waals surface area contributed by atoms with Crippen LogP contribution < -0.4 is 4.74 Å². The molecule has 0 fully saturated rings. The zero-order valence-electron chi connectivity index (χ0n) is 10.8. The predicted octanol–water partition coefficient (Wildman–Crippen LogP) is 4.65. The third-order valence-corrected chi connectivity index (χ3v) is 4.51. The Morgan fingerprint density at radius 1 is 1.15 bits per heavy atom. The second-order valence-electron chi connectivity index (χ2n) is 4.48. The van der Waals surface area contributed by atoms with Gasteiger partial charge in [0.1, 0.15) is 11.9 Å². The molecule has 4 heteroatoms. The molecule has 102 valence electrons. The molecule has 0 spiro atoms. The zero-order chi connectivity index (χ0) is 14.1. The van der Waals surface area contributed by atoms with E-state index in [-0.39, 0.29) is 0 Å². The number of hydrogen-bond acceptors (Lipinski definition) is 3. The SMILES string of the molecule is COc1cc(Cl)ccc1C(O)c1csc2ccccc12. The second-order valence-corrected chi connectivity index (χ2v) is 5.82. The fraction of sp³-hybridized carbons (Fsp3) is 0.125. The van der Waals surface area contributed by atoms with Gasteiger partial charge < -0.3 is 9.84 Å². The highest BCUT2D eigenvalue weighted by Crippen LogP contribution is 2.37. The summed E-state index contributed by atoms with van der Waals surface area (Å²) in [5.74, 6) is 0.597. The number of hydrogen-bond donors (Lipinski definition) is 1. The van der Waals surface area contributed by atoms with Crippen LogP contribution in [-0.4, -0.2) is 12.2 Å². The Morgan fingerprint density at radius 3 is 2.75 bits per heavy atom. The van der Waals surface area contributed by atoms with Crippen molar-refractivity contribution < 1.29 is 9.84 Å². The average Bonchev–Trinajstić information content (AvgIpc) is 2.90. The van der Waals surface area contributed by atoms with Crippen molar-refractivity contribution in [1.29, 1.82) is 0 Å². The van der Waals surface area contributed by atoms with E-state index < -0.39 is 6.10 Å². The molecule has 1 atom stereocenters. The number of benzene rings is 2. The lowest BCUT2D eigenvalue weighted by Crippen LogP contribution is -2.01. The van der Waals surface area contributed by atoms with Crippen LogP contribution >= 0.6 is 22.9 Å². The smallest absolute Gasteiger partial charge is 0.126 e. The van der Waals surface area contributed by atoms with E-state index in [1.54, 1.807) is 36.6 Å². The van der Waals surface area contributed by atoms with Gasteiger partial charge in [-0.25, -0.2) is 0 Å². The Morgan fingerprint density at radius 2 is 1.95 bits per heavy atom. The molecule has 0 aliphatic heterocycles. The summed E-state index contributed by atoms with van der Waals surface area (Å²) in [6.07, 6.45) is -0.724. The summed E-state index contributed by atoms with van der Waals surface area (Å²) >= 11 is 7.59. The molecule has 0 amide bonds.